The molecule has 1 heterocycles. The van der Waals surface area contributed by atoms with E-state index in [1.54, 1.807) is 25.1 Å². The first kappa shape index (κ1) is 15.1. The van der Waals surface area contributed by atoms with Gasteiger partial charge in [-0.3, -0.25) is 4.79 Å². The first-order valence-electron chi connectivity index (χ1n) is 6.79. The Morgan fingerprint density at radius 3 is 2.71 bits per heavy atom. The van der Waals surface area contributed by atoms with Gasteiger partial charge < -0.3 is 20.2 Å². The van der Waals surface area contributed by atoms with E-state index in [4.69, 9.17) is 4.42 Å². The number of likely N-dealkylation sites (N-methyl/N-ethyl adjacent to an activating group) is 1. The summed E-state index contributed by atoms with van der Waals surface area (Å²) in [5.41, 5.74) is 1.08. The number of furan rings is 1. The Balaban J connectivity index is 2.23. The van der Waals surface area contributed by atoms with E-state index < -0.39 is 12.0 Å². The molecule has 0 aliphatic rings. The number of carbonyl (C=O) groups is 2. The van der Waals surface area contributed by atoms with Gasteiger partial charge in [0.2, 0.25) is 11.7 Å². The normalized spacial score (nSPS) is 12.3. The average molecular weight is 290 g/mol. The van der Waals surface area contributed by atoms with Gasteiger partial charge in [0.15, 0.2) is 0 Å². The van der Waals surface area contributed by atoms with Gasteiger partial charge in [-0.1, -0.05) is 18.2 Å². The zero-order valence-electron chi connectivity index (χ0n) is 12.0. The second-order valence-electron chi connectivity index (χ2n) is 4.71. The minimum Gasteiger partial charge on any atom is -0.475 e. The monoisotopic (exact) mass is 290 g/mol. The number of benzene rings is 1. The second kappa shape index (κ2) is 6.41. The molecule has 1 unspecified atom stereocenters. The van der Waals surface area contributed by atoms with E-state index in [2.05, 4.69) is 10.6 Å². The fraction of sp³-hybridized carbons (Fsp3) is 0.333. The number of carbonyl (C=O) groups excluding carboxylic acids is 1. The van der Waals surface area contributed by atoms with Gasteiger partial charge in [-0.15, -0.1) is 0 Å². The van der Waals surface area contributed by atoms with Crippen molar-refractivity contribution in [3.8, 4) is 0 Å². The fourth-order valence-electron chi connectivity index (χ4n) is 2.12. The molecule has 0 bridgehead atoms. The van der Waals surface area contributed by atoms with Crippen LogP contribution >= 0.6 is 0 Å². The molecule has 6 heteroatoms. The van der Waals surface area contributed by atoms with Crippen LogP contribution in [0.25, 0.3) is 11.0 Å². The molecule has 0 saturated heterocycles. The first-order chi connectivity index (χ1) is 10.0. The van der Waals surface area contributed by atoms with Gasteiger partial charge >= 0.3 is 5.97 Å². The number of amides is 1. The number of hydrogen-bond acceptors (Lipinski definition) is 4. The topological polar surface area (TPSA) is 91.6 Å². The summed E-state index contributed by atoms with van der Waals surface area (Å²) in [6.07, 6.45) is 0. The van der Waals surface area contributed by atoms with E-state index in [9.17, 15) is 14.7 Å². The highest BCUT2D eigenvalue weighted by atomic mass is 16.4. The molecule has 0 fully saturated rings. The Hall–Kier alpha value is -2.34. The number of aromatic carboxylic acids is 1. The molecule has 2 aromatic rings. The highest BCUT2D eigenvalue weighted by Gasteiger charge is 2.20. The summed E-state index contributed by atoms with van der Waals surface area (Å²) in [6, 6.07) is 6.71. The lowest BCUT2D eigenvalue weighted by molar-refractivity contribution is -0.122. The maximum absolute atomic E-state index is 11.7. The lowest BCUT2D eigenvalue weighted by Crippen LogP contribution is -2.41. The number of nitrogens with one attached hydrogen (secondary N) is 2. The maximum atomic E-state index is 11.7. The molecule has 0 spiro atoms. The SMILES string of the molecule is CCNC(=O)C(C)NCc1c(C(=O)O)oc2ccccc12. The Bertz CT molecular complexity index is 663. The van der Waals surface area contributed by atoms with E-state index in [0.717, 1.165) is 5.39 Å². The summed E-state index contributed by atoms with van der Waals surface area (Å²) in [5.74, 6) is -1.33. The molecular formula is C15H18N2O4. The van der Waals surface area contributed by atoms with E-state index >= 15 is 0 Å². The van der Waals surface area contributed by atoms with Crippen LogP contribution in [0.3, 0.4) is 0 Å². The molecule has 0 saturated carbocycles. The highest BCUT2D eigenvalue weighted by molar-refractivity contribution is 5.95. The minimum absolute atomic E-state index is 0.0909. The number of fused-ring (bicyclic) bond motifs is 1. The molecule has 1 aromatic carbocycles. The van der Waals surface area contributed by atoms with E-state index in [0.29, 0.717) is 17.7 Å². The van der Waals surface area contributed by atoms with Crippen LogP contribution in [0.15, 0.2) is 28.7 Å². The second-order valence-corrected chi connectivity index (χ2v) is 4.71. The Kier molecular flexibility index (Phi) is 4.59. The molecule has 6 nitrogen and oxygen atoms in total. The summed E-state index contributed by atoms with van der Waals surface area (Å²) in [6.45, 7) is 4.38. The van der Waals surface area contributed by atoms with Gasteiger partial charge in [-0.25, -0.2) is 4.79 Å². The standard InChI is InChI=1S/C15H18N2O4/c1-3-16-14(18)9(2)17-8-11-10-6-4-5-7-12(10)21-13(11)15(19)20/h4-7,9,17H,3,8H2,1-2H3,(H,16,18)(H,19,20). The van der Waals surface area contributed by atoms with Crippen molar-refractivity contribution in [2.45, 2.75) is 26.4 Å². The van der Waals surface area contributed by atoms with Crippen LogP contribution in [-0.4, -0.2) is 29.6 Å². The number of carboxylic acid groups (broad SMARTS) is 1. The molecule has 112 valence electrons. The summed E-state index contributed by atoms with van der Waals surface area (Å²) in [5, 5.41) is 15.7. The van der Waals surface area contributed by atoms with Crippen molar-refractivity contribution in [1.82, 2.24) is 10.6 Å². The van der Waals surface area contributed by atoms with Crippen LogP contribution in [0.1, 0.15) is 30.0 Å². The van der Waals surface area contributed by atoms with Gasteiger partial charge in [0, 0.05) is 24.0 Å². The van der Waals surface area contributed by atoms with Crippen molar-refractivity contribution >= 4 is 22.8 Å². The van der Waals surface area contributed by atoms with Crippen molar-refractivity contribution in [2.24, 2.45) is 0 Å². The number of para-hydroxylation sites is 1. The third-order valence-corrected chi connectivity index (χ3v) is 3.22. The van der Waals surface area contributed by atoms with E-state index in [1.807, 2.05) is 13.0 Å². The number of carboxylic acids is 1. The fourth-order valence-corrected chi connectivity index (χ4v) is 2.12. The molecule has 3 N–H and O–H groups in total. The van der Waals surface area contributed by atoms with Crippen LogP contribution in [0.5, 0.6) is 0 Å². The van der Waals surface area contributed by atoms with Crippen molar-refractivity contribution in [3.63, 3.8) is 0 Å². The third kappa shape index (κ3) is 3.22. The van der Waals surface area contributed by atoms with Gasteiger partial charge in [0.25, 0.3) is 0 Å². The van der Waals surface area contributed by atoms with Gasteiger partial charge in [0.1, 0.15) is 5.58 Å². The lowest BCUT2D eigenvalue weighted by Gasteiger charge is -2.13. The Morgan fingerprint density at radius 2 is 2.05 bits per heavy atom. The lowest BCUT2D eigenvalue weighted by atomic mass is 10.1. The van der Waals surface area contributed by atoms with Crippen LogP contribution < -0.4 is 10.6 Å². The maximum Gasteiger partial charge on any atom is 0.372 e. The molecule has 21 heavy (non-hydrogen) atoms. The quantitative estimate of drug-likeness (QED) is 0.754. The van der Waals surface area contributed by atoms with Crippen molar-refractivity contribution < 1.29 is 19.1 Å². The van der Waals surface area contributed by atoms with Crippen LogP contribution in [0.2, 0.25) is 0 Å². The summed E-state index contributed by atoms with van der Waals surface area (Å²) in [4.78, 5) is 22.9. The number of hydrogen-bond donors (Lipinski definition) is 3. The highest BCUT2D eigenvalue weighted by Crippen LogP contribution is 2.25. The largest absolute Gasteiger partial charge is 0.475 e. The number of rotatable bonds is 6. The van der Waals surface area contributed by atoms with Crippen LogP contribution in [0.4, 0.5) is 0 Å². The molecular weight excluding hydrogens is 272 g/mol. The molecule has 0 aliphatic heterocycles. The zero-order valence-corrected chi connectivity index (χ0v) is 12.0. The molecule has 1 aromatic heterocycles. The Labute approximate surface area is 122 Å². The smallest absolute Gasteiger partial charge is 0.372 e. The summed E-state index contributed by atoms with van der Waals surface area (Å²) >= 11 is 0. The van der Waals surface area contributed by atoms with Crippen LogP contribution in [-0.2, 0) is 11.3 Å². The minimum atomic E-state index is -1.12. The van der Waals surface area contributed by atoms with Gasteiger partial charge in [-0.05, 0) is 19.9 Å². The van der Waals surface area contributed by atoms with Crippen molar-refractivity contribution in [1.29, 1.82) is 0 Å². The predicted octanol–water partition coefficient (Wildman–Crippen LogP) is 1.75. The molecule has 0 radical (unpaired) electrons. The van der Waals surface area contributed by atoms with Crippen molar-refractivity contribution in [2.75, 3.05) is 6.54 Å². The molecule has 1 atom stereocenters. The first-order valence-corrected chi connectivity index (χ1v) is 6.79. The summed E-state index contributed by atoms with van der Waals surface area (Å²) < 4.78 is 5.36. The summed E-state index contributed by atoms with van der Waals surface area (Å²) in [7, 11) is 0. The Morgan fingerprint density at radius 1 is 1.33 bits per heavy atom. The third-order valence-electron chi connectivity index (χ3n) is 3.22. The molecule has 0 aliphatic carbocycles. The molecule has 1 amide bonds. The van der Waals surface area contributed by atoms with Crippen LogP contribution in [0, 0.1) is 0 Å². The van der Waals surface area contributed by atoms with Gasteiger partial charge in [-0.2, -0.15) is 0 Å². The zero-order chi connectivity index (χ0) is 15.4. The van der Waals surface area contributed by atoms with Crippen molar-refractivity contribution in [3.05, 3.63) is 35.6 Å². The predicted molar refractivity (Wildman–Crippen MR) is 78.2 cm³/mol. The average Bonchev–Trinajstić information content (AvgIpc) is 2.84. The van der Waals surface area contributed by atoms with Gasteiger partial charge in [0.05, 0.1) is 6.04 Å². The van der Waals surface area contributed by atoms with E-state index in [-0.39, 0.29) is 18.2 Å². The molecule has 2 rings (SSSR count). The van der Waals surface area contributed by atoms with E-state index in [1.165, 1.54) is 0 Å².